The molecule has 0 aliphatic heterocycles. The highest BCUT2D eigenvalue weighted by molar-refractivity contribution is 7.44. The third kappa shape index (κ3) is 4.77. The van der Waals surface area contributed by atoms with Gasteiger partial charge in [0.05, 0.1) is 6.61 Å². The zero-order chi connectivity index (χ0) is 14.6. The molecule has 1 heterocycles. The molecule has 0 aliphatic rings. The number of aliphatic hydroxyl groups is 1. The molecule has 1 rings (SSSR count). The fourth-order valence-electron chi connectivity index (χ4n) is 1.04. The Hall–Kier alpha value is -1.78. The highest BCUT2D eigenvalue weighted by Crippen LogP contribution is 2.32. The van der Waals surface area contributed by atoms with Gasteiger partial charge in [0, 0.05) is 6.20 Å². The number of carbonyl (C=O) groups excluding carboxylic acids is 1. The molecule has 5 N–H and O–H groups in total. The fraction of sp³-hybridized carbons (Fsp3) is 0.286. The molecule has 0 spiro atoms. The van der Waals surface area contributed by atoms with E-state index in [4.69, 9.17) is 10.00 Å². The van der Waals surface area contributed by atoms with E-state index in [1.54, 1.807) is 4.98 Å². The molecule has 0 aromatic carbocycles. The van der Waals surface area contributed by atoms with Crippen molar-refractivity contribution < 1.29 is 28.8 Å². The van der Waals surface area contributed by atoms with Gasteiger partial charge in [0.15, 0.2) is 6.10 Å². The molecule has 0 saturated carbocycles. The van der Waals surface area contributed by atoms with Gasteiger partial charge < -0.3 is 29.7 Å². The van der Waals surface area contributed by atoms with Gasteiger partial charge >= 0.3 is 5.69 Å². The maximum atomic E-state index is 11.4. The SMILES string of the molecule is O=C(Nc1c[nH]c(=O)[nH]c1=O)[C@@H](CO)OP(=O)([O-])O. The Bertz CT molecular complexity index is 615. The van der Waals surface area contributed by atoms with Gasteiger partial charge in [-0.15, -0.1) is 0 Å². The molecule has 11 nitrogen and oxygen atoms in total. The van der Waals surface area contributed by atoms with Crippen LogP contribution in [0.5, 0.6) is 0 Å². The van der Waals surface area contributed by atoms with Crippen LogP contribution in [0.4, 0.5) is 5.69 Å². The van der Waals surface area contributed by atoms with Crippen LogP contribution in [0.15, 0.2) is 15.8 Å². The molecule has 2 atom stereocenters. The first-order valence-corrected chi connectivity index (χ1v) is 6.18. The lowest BCUT2D eigenvalue weighted by atomic mass is 10.3. The summed E-state index contributed by atoms with van der Waals surface area (Å²) in [6.45, 7) is -1.06. The van der Waals surface area contributed by atoms with Gasteiger partial charge in [0.1, 0.15) is 5.69 Å². The monoisotopic (exact) mass is 294 g/mol. The summed E-state index contributed by atoms with van der Waals surface area (Å²) >= 11 is 0. The maximum Gasteiger partial charge on any atom is 0.325 e. The molecule has 1 amide bonds. The summed E-state index contributed by atoms with van der Waals surface area (Å²) in [5, 5.41) is 10.7. The number of anilines is 1. The van der Waals surface area contributed by atoms with Gasteiger partial charge in [0.2, 0.25) is 0 Å². The summed E-state index contributed by atoms with van der Waals surface area (Å²) in [5.74, 6) is -1.20. The van der Waals surface area contributed by atoms with Crippen LogP contribution in [0.2, 0.25) is 0 Å². The number of rotatable bonds is 5. The molecule has 12 heteroatoms. The second-order valence-corrected chi connectivity index (χ2v) is 4.37. The Balaban J connectivity index is 2.86. The number of amides is 1. The van der Waals surface area contributed by atoms with Crippen LogP contribution in [0, 0.1) is 0 Å². The van der Waals surface area contributed by atoms with Crippen molar-refractivity contribution >= 4 is 19.4 Å². The molecular weight excluding hydrogens is 285 g/mol. The molecule has 106 valence electrons. The molecule has 1 unspecified atom stereocenters. The number of aromatic amines is 2. The molecule has 0 aliphatic carbocycles. The summed E-state index contributed by atoms with van der Waals surface area (Å²) in [5.41, 5.74) is -2.15. The van der Waals surface area contributed by atoms with E-state index in [0.29, 0.717) is 0 Å². The Kier molecular flexibility index (Phi) is 4.75. The number of hydrogen-bond donors (Lipinski definition) is 5. The molecule has 0 fully saturated rings. The third-order valence-corrected chi connectivity index (χ3v) is 2.32. The van der Waals surface area contributed by atoms with Crippen LogP contribution >= 0.6 is 7.82 Å². The Morgan fingerprint density at radius 1 is 1.58 bits per heavy atom. The molecule has 19 heavy (non-hydrogen) atoms. The lowest BCUT2D eigenvalue weighted by Crippen LogP contribution is -2.36. The number of carbonyl (C=O) groups is 1. The van der Waals surface area contributed by atoms with Crippen LogP contribution in [0.3, 0.4) is 0 Å². The lowest BCUT2D eigenvalue weighted by molar-refractivity contribution is -0.224. The number of hydrogen-bond acceptors (Lipinski definition) is 7. The number of aliphatic hydroxyl groups excluding tert-OH is 1. The van der Waals surface area contributed by atoms with Crippen LogP contribution in [0.1, 0.15) is 0 Å². The van der Waals surface area contributed by atoms with Crippen molar-refractivity contribution in [3.05, 3.63) is 27.0 Å². The summed E-state index contributed by atoms with van der Waals surface area (Å²) < 4.78 is 14.3. The van der Waals surface area contributed by atoms with Gasteiger partial charge in [-0.25, -0.2) is 4.79 Å². The summed E-state index contributed by atoms with van der Waals surface area (Å²) in [6.07, 6.45) is -1.07. The highest BCUT2D eigenvalue weighted by atomic mass is 31.2. The number of aromatic nitrogens is 2. The average Bonchev–Trinajstić information content (AvgIpc) is 2.28. The summed E-state index contributed by atoms with van der Waals surface area (Å²) in [7, 11) is -5.23. The zero-order valence-corrected chi connectivity index (χ0v) is 10.0. The number of H-pyrrole nitrogens is 2. The number of phosphoric acid groups is 1. The van der Waals surface area contributed by atoms with E-state index in [0.717, 1.165) is 6.20 Å². The topological polar surface area (TPSA) is 185 Å². The zero-order valence-electron chi connectivity index (χ0n) is 9.15. The van der Waals surface area contributed by atoms with Crippen molar-refractivity contribution in [2.75, 3.05) is 11.9 Å². The highest BCUT2D eigenvalue weighted by Gasteiger charge is 2.23. The first kappa shape index (κ1) is 15.3. The predicted octanol–water partition coefficient (Wildman–Crippen LogP) is -3.16. The number of nitrogens with one attached hydrogen (secondary N) is 3. The fourth-order valence-corrected chi connectivity index (χ4v) is 1.52. The second-order valence-electron chi connectivity index (χ2n) is 3.22. The van der Waals surface area contributed by atoms with Crippen molar-refractivity contribution in [2.24, 2.45) is 0 Å². The van der Waals surface area contributed by atoms with E-state index in [9.17, 15) is 23.8 Å². The molecule has 1 aromatic rings. The smallest absolute Gasteiger partial charge is 0.325 e. The van der Waals surface area contributed by atoms with Crippen molar-refractivity contribution in [2.45, 2.75) is 6.10 Å². The van der Waals surface area contributed by atoms with Crippen molar-refractivity contribution in [1.82, 2.24) is 9.97 Å². The van der Waals surface area contributed by atoms with E-state index >= 15 is 0 Å². The van der Waals surface area contributed by atoms with Crippen molar-refractivity contribution in [3.63, 3.8) is 0 Å². The first-order valence-electron chi connectivity index (χ1n) is 4.69. The van der Waals surface area contributed by atoms with Crippen LogP contribution in [-0.2, 0) is 13.9 Å². The quantitative estimate of drug-likeness (QED) is 0.352. The van der Waals surface area contributed by atoms with Crippen LogP contribution in [-0.4, -0.2) is 38.6 Å². The predicted molar refractivity (Wildman–Crippen MR) is 58.1 cm³/mol. The minimum atomic E-state index is -5.23. The Labute approximate surface area is 104 Å². The number of phosphoric ester groups is 1. The van der Waals surface area contributed by atoms with Gasteiger partial charge in [0.25, 0.3) is 19.3 Å². The van der Waals surface area contributed by atoms with Gasteiger partial charge in [-0.1, -0.05) is 0 Å². The Morgan fingerprint density at radius 3 is 2.68 bits per heavy atom. The molecular formula is C7H9N3O8P-. The third-order valence-electron chi connectivity index (χ3n) is 1.80. The van der Waals surface area contributed by atoms with Crippen LogP contribution in [0.25, 0.3) is 0 Å². The van der Waals surface area contributed by atoms with Gasteiger partial charge in [-0.05, 0) is 0 Å². The standard InChI is InChI=1S/C7H10N3O8P/c11-2-4(18-19(15,16)17)6(13)9-3-1-8-7(14)10-5(3)12/h1,4,11H,2H2,(H,9,13)(H2,15,16,17)(H2,8,10,12,14)/p-1/t4-/m1/s1. The first-order chi connectivity index (χ1) is 8.73. The van der Waals surface area contributed by atoms with Gasteiger partial charge in [-0.2, -0.15) is 0 Å². The second kappa shape index (κ2) is 5.91. The van der Waals surface area contributed by atoms with Gasteiger partial charge in [-0.3, -0.25) is 19.1 Å². The molecule has 0 saturated heterocycles. The average molecular weight is 294 g/mol. The lowest BCUT2D eigenvalue weighted by Gasteiger charge is -2.21. The minimum Gasteiger partial charge on any atom is -0.756 e. The van der Waals surface area contributed by atoms with Crippen LogP contribution < -0.4 is 21.5 Å². The van der Waals surface area contributed by atoms with E-state index in [1.807, 2.05) is 5.32 Å². The van der Waals surface area contributed by atoms with Crippen molar-refractivity contribution in [1.29, 1.82) is 0 Å². The minimum absolute atomic E-state index is 0.398. The summed E-state index contributed by atoms with van der Waals surface area (Å²) in [6, 6.07) is 0. The van der Waals surface area contributed by atoms with E-state index in [-0.39, 0.29) is 0 Å². The largest absolute Gasteiger partial charge is 0.756 e. The normalized spacial score (nSPS) is 15.5. The van der Waals surface area contributed by atoms with E-state index in [2.05, 4.69) is 9.51 Å². The van der Waals surface area contributed by atoms with Crippen molar-refractivity contribution in [3.8, 4) is 0 Å². The Morgan fingerprint density at radius 2 is 2.21 bits per heavy atom. The van der Waals surface area contributed by atoms with E-state index < -0.39 is 43.4 Å². The molecule has 0 bridgehead atoms. The molecule has 1 aromatic heterocycles. The molecule has 0 radical (unpaired) electrons. The summed E-state index contributed by atoms with van der Waals surface area (Å²) in [4.78, 5) is 56.0. The maximum absolute atomic E-state index is 11.4. The van der Waals surface area contributed by atoms with E-state index in [1.165, 1.54) is 0 Å².